The lowest BCUT2D eigenvalue weighted by atomic mass is 10.1. The number of amides is 1. The number of aryl methyl sites for hydroxylation is 2. The Bertz CT molecular complexity index is 671. The Balaban J connectivity index is 1.97. The zero-order valence-electron chi connectivity index (χ0n) is 11.8. The van der Waals surface area contributed by atoms with Crippen LogP contribution < -0.4 is 10.6 Å². The molecule has 0 saturated carbocycles. The van der Waals surface area contributed by atoms with Gasteiger partial charge in [0.2, 0.25) is 0 Å². The number of rotatable bonds is 1. The molecule has 0 fully saturated rings. The summed E-state index contributed by atoms with van der Waals surface area (Å²) in [6.45, 7) is 4.76. The van der Waals surface area contributed by atoms with Crippen LogP contribution in [0.15, 0.2) is 36.4 Å². The van der Waals surface area contributed by atoms with Crippen LogP contribution in [0.1, 0.15) is 27.0 Å². The normalized spacial score (nSPS) is 13.4. The van der Waals surface area contributed by atoms with Crippen LogP contribution in [0.4, 0.5) is 11.4 Å². The second kappa shape index (κ2) is 4.67. The highest BCUT2D eigenvalue weighted by molar-refractivity contribution is 6.07. The highest BCUT2D eigenvalue weighted by Crippen LogP contribution is 2.31. The van der Waals surface area contributed by atoms with E-state index in [9.17, 15) is 4.79 Å². The van der Waals surface area contributed by atoms with Gasteiger partial charge in [-0.3, -0.25) is 4.79 Å². The summed E-state index contributed by atoms with van der Waals surface area (Å²) in [6, 6.07) is 11.7. The van der Waals surface area contributed by atoms with Gasteiger partial charge in [-0.05, 0) is 56.2 Å². The van der Waals surface area contributed by atoms with Gasteiger partial charge in [0.25, 0.3) is 5.91 Å². The summed E-state index contributed by atoms with van der Waals surface area (Å²) in [4.78, 5) is 14.5. The molecule has 3 nitrogen and oxygen atoms in total. The second-order valence-corrected chi connectivity index (χ2v) is 5.47. The molecule has 102 valence electrons. The number of carbonyl (C=O) groups is 1. The SMILES string of the molecule is Cc1cc(C)cc(C(=O)N2CCc3cc(N)ccc32)c1. The lowest BCUT2D eigenvalue weighted by Gasteiger charge is -2.18. The quantitative estimate of drug-likeness (QED) is 0.806. The van der Waals surface area contributed by atoms with Gasteiger partial charge in [0.1, 0.15) is 0 Å². The van der Waals surface area contributed by atoms with Crippen molar-refractivity contribution in [1.82, 2.24) is 0 Å². The number of hydrogen-bond donors (Lipinski definition) is 1. The van der Waals surface area contributed by atoms with Crippen LogP contribution in [-0.2, 0) is 6.42 Å². The number of carbonyl (C=O) groups excluding carboxylic acids is 1. The molecule has 1 aliphatic rings. The Kier molecular flexibility index (Phi) is 2.97. The van der Waals surface area contributed by atoms with Gasteiger partial charge in [0.15, 0.2) is 0 Å². The zero-order chi connectivity index (χ0) is 14.3. The minimum Gasteiger partial charge on any atom is -0.399 e. The zero-order valence-corrected chi connectivity index (χ0v) is 11.8. The maximum absolute atomic E-state index is 12.7. The molecule has 2 aromatic rings. The van der Waals surface area contributed by atoms with E-state index in [0.717, 1.165) is 46.6 Å². The van der Waals surface area contributed by atoms with E-state index in [1.807, 2.05) is 49.1 Å². The molecule has 1 heterocycles. The fourth-order valence-corrected chi connectivity index (χ4v) is 2.89. The van der Waals surface area contributed by atoms with Crippen molar-refractivity contribution in [2.24, 2.45) is 0 Å². The Labute approximate surface area is 119 Å². The minimum atomic E-state index is 0.0697. The number of nitrogen functional groups attached to an aromatic ring is 1. The smallest absolute Gasteiger partial charge is 0.258 e. The number of hydrogen-bond acceptors (Lipinski definition) is 2. The lowest BCUT2D eigenvalue weighted by Crippen LogP contribution is -2.29. The van der Waals surface area contributed by atoms with Crippen LogP contribution in [0.25, 0.3) is 0 Å². The third-order valence-corrected chi connectivity index (χ3v) is 3.71. The van der Waals surface area contributed by atoms with Crippen LogP contribution in [0.5, 0.6) is 0 Å². The molecule has 20 heavy (non-hydrogen) atoms. The number of nitrogens with zero attached hydrogens (tertiary/aromatic N) is 1. The third kappa shape index (κ3) is 2.16. The lowest BCUT2D eigenvalue weighted by molar-refractivity contribution is 0.0989. The molecule has 0 unspecified atom stereocenters. The largest absolute Gasteiger partial charge is 0.399 e. The van der Waals surface area contributed by atoms with Gasteiger partial charge in [-0.15, -0.1) is 0 Å². The first-order chi connectivity index (χ1) is 9.54. The van der Waals surface area contributed by atoms with Crippen molar-refractivity contribution >= 4 is 17.3 Å². The minimum absolute atomic E-state index is 0.0697. The van der Waals surface area contributed by atoms with Crippen molar-refractivity contribution in [2.45, 2.75) is 20.3 Å². The fraction of sp³-hybridized carbons (Fsp3) is 0.235. The maximum atomic E-state index is 12.7. The molecular weight excluding hydrogens is 248 g/mol. The van der Waals surface area contributed by atoms with Crippen LogP contribution >= 0.6 is 0 Å². The standard InChI is InChI=1S/C17H18N2O/c1-11-7-12(2)9-14(8-11)17(20)19-6-5-13-10-15(18)3-4-16(13)19/h3-4,7-10H,5-6,18H2,1-2H3. The van der Waals surface area contributed by atoms with Crippen molar-refractivity contribution < 1.29 is 4.79 Å². The van der Waals surface area contributed by atoms with Crippen molar-refractivity contribution in [1.29, 1.82) is 0 Å². The molecule has 0 saturated heterocycles. The summed E-state index contributed by atoms with van der Waals surface area (Å²) in [6.07, 6.45) is 0.872. The van der Waals surface area contributed by atoms with Crippen LogP contribution in [0.3, 0.4) is 0 Å². The third-order valence-electron chi connectivity index (χ3n) is 3.71. The fourth-order valence-electron chi connectivity index (χ4n) is 2.89. The Morgan fingerprint density at radius 1 is 1.10 bits per heavy atom. The highest BCUT2D eigenvalue weighted by atomic mass is 16.2. The monoisotopic (exact) mass is 266 g/mol. The Morgan fingerprint density at radius 3 is 2.50 bits per heavy atom. The van der Waals surface area contributed by atoms with Crippen LogP contribution in [-0.4, -0.2) is 12.5 Å². The van der Waals surface area contributed by atoms with E-state index in [1.54, 1.807) is 0 Å². The molecule has 3 rings (SSSR count). The van der Waals surface area contributed by atoms with Gasteiger partial charge in [-0.1, -0.05) is 17.2 Å². The van der Waals surface area contributed by atoms with E-state index < -0.39 is 0 Å². The molecule has 0 bridgehead atoms. The van der Waals surface area contributed by atoms with Gasteiger partial charge in [0, 0.05) is 23.5 Å². The molecule has 1 amide bonds. The molecule has 2 N–H and O–H groups in total. The van der Waals surface area contributed by atoms with E-state index in [4.69, 9.17) is 5.73 Å². The van der Waals surface area contributed by atoms with Crippen molar-refractivity contribution in [2.75, 3.05) is 17.2 Å². The number of benzene rings is 2. The topological polar surface area (TPSA) is 46.3 Å². The number of fused-ring (bicyclic) bond motifs is 1. The summed E-state index contributed by atoms with van der Waals surface area (Å²) in [5.41, 5.74) is 11.7. The van der Waals surface area contributed by atoms with Crippen LogP contribution in [0, 0.1) is 13.8 Å². The van der Waals surface area contributed by atoms with Gasteiger partial charge < -0.3 is 10.6 Å². The summed E-state index contributed by atoms with van der Waals surface area (Å²) >= 11 is 0. The van der Waals surface area contributed by atoms with E-state index in [2.05, 4.69) is 6.07 Å². The molecule has 1 aliphatic heterocycles. The van der Waals surface area contributed by atoms with E-state index in [0.29, 0.717) is 0 Å². The second-order valence-electron chi connectivity index (χ2n) is 5.47. The van der Waals surface area contributed by atoms with E-state index >= 15 is 0 Å². The molecule has 3 heteroatoms. The molecule has 0 aromatic heterocycles. The first kappa shape index (κ1) is 12.7. The van der Waals surface area contributed by atoms with E-state index in [1.165, 1.54) is 0 Å². The molecular formula is C17H18N2O. The summed E-state index contributed by atoms with van der Waals surface area (Å²) in [5.74, 6) is 0.0697. The van der Waals surface area contributed by atoms with Gasteiger partial charge in [0.05, 0.1) is 0 Å². The van der Waals surface area contributed by atoms with E-state index in [-0.39, 0.29) is 5.91 Å². The molecule has 0 radical (unpaired) electrons. The number of nitrogens with two attached hydrogens (primary N) is 1. The van der Waals surface area contributed by atoms with Crippen molar-refractivity contribution in [3.8, 4) is 0 Å². The molecule has 2 aromatic carbocycles. The number of anilines is 2. The van der Waals surface area contributed by atoms with Crippen molar-refractivity contribution in [3.63, 3.8) is 0 Å². The summed E-state index contributed by atoms with van der Waals surface area (Å²) < 4.78 is 0. The first-order valence-corrected chi connectivity index (χ1v) is 6.83. The Hall–Kier alpha value is -2.29. The average molecular weight is 266 g/mol. The van der Waals surface area contributed by atoms with Crippen LogP contribution in [0.2, 0.25) is 0 Å². The van der Waals surface area contributed by atoms with Gasteiger partial charge in [-0.25, -0.2) is 0 Å². The Morgan fingerprint density at radius 2 is 1.80 bits per heavy atom. The molecule has 0 aliphatic carbocycles. The molecule has 0 atom stereocenters. The predicted octanol–water partition coefficient (Wildman–Crippen LogP) is 3.09. The maximum Gasteiger partial charge on any atom is 0.258 e. The summed E-state index contributed by atoms with van der Waals surface area (Å²) in [7, 11) is 0. The average Bonchev–Trinajstić information content (AvgIpc) is 2.79. The highest BCUT2D eigenvalue weighted by Gasteiger charge is 2.25. The predicted molar refractivity (Wildman–Crippen MR) is 82.2 cm³/mol. The summed E-state index contributed by atoms with van der Waals surface area (Å²) in [5, 5.41) is 0. The molecule has 0 spiro atoms. The van der Waals surface area contributed by atoms with Gasteiger partial charge in [-0.2, -0.15) is 0 Å². The van der Waals surface area contributed by atoms with Gasteiger partial charge >= 0.3 is 0 Å². The first-order valence-electron chi connectivity index (χ1n) is 6.83. The van der Waals surface area contributed by atoms with Crippen molar-refractivity contribution in [3.05, 3.63) is 58.7 Å².